The van der Waals surface area contributed by atoms with Gasteiger partial charge in [-0.3, -0.25) is 0 Å². The molecular formula is C9H18O2. The molecule has 0 bridgehead atoms. The van der Waals surface area contributed by atoms with Crippen LogP contribution in [0.25, 0.3) is 0 Å². The summed E-state index contributed by atoms with van der Waals surface area (Å²) in [5, 5.41) is 18.6. The smallest absolute Gasteiger partial charge is 0.0824 e. The van der Waals surface area contributed by atoms with Crippen LogP contribution in [0.5, 0.6) is 0 Å². The van der Waals surface area contributed by atoms with E-state index >= 15 is 0 Å². The molecular weight excluding hydrogens is 140 g/mol. The molecule has 0 aromatic heterocycles. The van der Waals surface area contributed by atoms with Crippen molar-refractivity contribution < 1.29 is 10.2 Å². The molecule has 2 nitrogen and oxygen atoms in total. The maximum atomic E-state index is 9.50. The third-order valence-electron chi connectivity index (χ3n) is 2.63. The minimum absolute atomic E-state index is 0.351. The summed E-state index contributed by atoms with van der Waals surface area (Å²) in [6.45, 7) is 1.67. The van der Waals surface area contributed by atoms with Gasteiger partial charge in [-0.15, -0.1) is 0 Å². The minimum atomic E-state index is -0.557. The fourth-order valence-electron chi connectivity index (χ4n) is 1.87. The fraction of sp³-hybridized carbons (Fsp3) is 1.00. The van der Waals surface area contributed by atoms with Gasteiger partial charge in [0.05, 0.1) is 12.2 Å². The molecule has 1 aliphatic rings. The van der Waals surface area contributed by atoms with Crippen molar-refractivity contribution >= 4 is 0 Å². The zero-order valence-corrected chi connectivity index (χ0v) is 7.16. The van der Waals surface area contributed by atoms with Crippen LogP contribution >= 0.6 is 0 Å². The summed E-state index contributed by atoms with van der Waals surface area (Å²) in [6.07, 6.45) is 4.86. The molecule has 0 aliphatic heterocycles. The Balaban J connectivity index is 2.32. The largest absolute Gasteiger partial charge is 0.391 e. The lowest BCUT2D eigenvalue weighted by molar-refractivity contribution is -0.0175. The van der Waals surface area contributed by atoms with Crippen molar-refractivity contribution in [2.75, 3.05) is 0 Å². The SMILES string of the molecule is C[C@H](O)[C@H](O)C1CCCCC1. The maximum absolute atomic E-state index is 9.50. The van der Waals surface area contributed by atoms with Gasteiger partial charge >= 0.3 is 0 Å². The van der Waals surface area contributed by atoms with E-state index in [4.69, 9.17) is 5.11 Å². The van der Waals surface area contributed by atoms with E-state index in [1.165, 1.54) is 19.3 Å². The highest BCUT2D eigenvalue weighted by molar-refractivity contribution is 4.76. The van der Waals surface area contributed by atoms with Crippen LogP contribution < -0.4 is 0 Å². The average Bonchev–Trinajstić information content (AvgIpc) is 2.05. The van der Waals surface area contributed by atoms with Crippen molar-refractivity contribution in [2.45, 2.75) is 51.2 Å². The summed E-state index contributed by atoms with van der Waals surface area (Å²) in [4.78, 5) is 0. The molecule has 0 aromatic rings. The number of rotatable bonds is 2. The average molecular weight is 158 g/mol. The van der Waals surface area contributed by atoms with E-state index in [1.54, 1.807) is 6.92 Å². The second-order valence-corrected chi connectivity index (χ2v) is 3.63. The lowest BCUT2D eigenvalue weighted by atomic mass is 9.84. The van der Waals surface area contributed by atoms with Gasteiger partial charge < -0.3 is 10.2 Å². The Hall–Kier alpha value is -0.0800. The Kier molecular flexibility index (Phi) is 3.34. The molecule has 0 aromatic carbocycles. The van der Waals surface area contributed by atoms with Crippen molar-refractivity contribution in [1.82, 2.24) is 0 Å². The van der Waals surface area contributed by atoms with Gasteiger partial charge in [0.1, 0.15) is 0 Å². The molecule has 66 valence electrons. The number of aliphatic hydroxyl groups is 2. The molecule has 0 amide bonds. The Labute approximate surface area is 68.2 Å². The highest BCUT2D eigenvalue weighted by atomic mass is 16.3. The van der Waals surface area contributed by atoms with E-state index in [2.05, 4.69) is 0 Å². The summed E-state index contributed by atoms with van der Waals surface area (Å²) in [6, 6.07) is 0. The van der Waals surface area contributed by atoms with Crippen LogP contribution in [0.2, 0.25) is 0 Å². The van der Waals surface area contributed by atoms with Crippen LogP contribution in [-0.4, -0.2) is 22.4 Å². The van der Waals surface area contributed by atoms with Gasteiger partial charge in [0.15, 0.2) is 0 Å². The van der Waals surface area contributed by atoms with Crippen molar-refractivity contribution in [3.63, 3.8) is 0 Å². The summed E-state index contributed by atoms with van der Waals surface area (Å²) >= 11 is 0. The first kappa shape index (κ1) is 9.01. The van der Waals surface area contributed by atoms with Gasteiger partial charge in [-0.2, -0.15) is 0 Å². The van der Waals surface area contributed by atoms with Crippen LogP contribution in [0.15, 0.2) is 0 Å². The van der Waals surface area contributed by atoms with Crippen LogP contribution in [-0.2, 0) is 0 Å². The number of aliphatic hydroxyl groups excluding tert-OH is 2. The monoisotopic (exact) mass is 158 g/mol. The van der Waals surface area contributed by atoms with Crippen molar-refractivity contribution in [3.8, 4) is 0 Å². The quantitative estimate of drug-likeness (QED) is 0.636. The fourth-order valence-corrected chi connectivity index (χ4v) is 1.87. The summed E-state index contributed by atoms with van der Waals surface area (Å²) in [5.41, 5.74) is 0. The van der Waals surface area contributed by atoms with E-state index in [9.17, 15) is 5.11 Å². The van der Waals surface area contributed by atoms with E-state index in [-0.39, 0.29) is 0 Å². The first-order valence-corrected chi connectivity index (χ1v) is 4.58. The predicted octanol–water partition coefficient (Wildman–Crippen LogP) is 1.31. The molecule has 1 fully saturated rings. The molecule has 0 heterocycles. The molecule has 0 radical (unpaired) electrons. The first-order chi connectivity index (χ1) is 5.22. The first-order valence-electron chi connectivity index (χ1n) is 4.58. The molecule has 0 unspecified atom stereocenters. The standard InChI is InChI=1S/C9H18O2/c1-7(10)9(11)8-5-3-2-4-6-8/h7-11H,2-6H2,1H3/t7-,9-/m0/s1. The molecule has 1 rings (SSSR count). The van der Waals surface area contributed by atoms with E-state index in [1.807, 2.05) is 0 Å². The topological polar surface area (TPSA) is 40.5 Å². The van der Waals surface area contributed by atoms with Gasteiger partial charge in [0.2, 0.25) is 0 Å². The highest BCUT2D eigenvalue weighted by Gasteiger charge is 2.24. The maximum Gasteiger partial charge on any atom is 0.0824 e. The normalized spacial score (nSPS) is 26.5. The highest BCUT2D eigenvalue weighted by Crippen LogP contribution is 2.27. The van der Waals surface area contributed by atoms with E-state index < -0.39 is 12.2 Å². The zero-order valence-electron chi connectivity index (χ0n) is 7.16. The third kappa shape index (κ3) is 2.46. The molecule has 0 saturated heterocycles. The summed E-state index contributed by atoms with van der Waals surface area (Å²) < 4.78 is 0. The van der Waals surface area contributed by atoms with Crippen LogP contribution in [0.4, 0.5) is 0 Å². The third-order valence-corrected chi connectivity index (χ3v) is 2.63. The second kappa shape index (κ2) is 4.07. The van der Waals surface area contributed by atoms with Crippen LogP contribution in [0, 0.1) is 5.92 Å². The minimum Gasteiger partial charge on any atom is -0.391 e. The Bertz CT molecular complexity index is 106. The Morgan fingerprint density at radius 2 is 1.64 bits per heavy atom. The van der Waals surface area contributed by atoms with Crippen molar-refractivity contribution in [2.24, 2.45) is 5.92 Å². The van der Waals surface area contributed by atoms with E-state index in [0.29, 0.717) is 5.92 Å². The molecule has 1 saturated carbocycles. The lowest BCUT2D eigenvalue weighted by Gasteiger charge is -2.28. The van der Waals surface area contributed by atoms with Crippen molar-refractivity contribution in [3.05, 3.63) is 0 Å². The molecule has 2 heteroatoms. The van der Waals surface area contributed by atoms with Crippen LogP contribution in [0.3, 0.4) is 0 Å². The van der Waals surface area contributed by atoms with Crippen molar-refractivity contribution in [1.29, 1.82) is 0 Å². The van der Waals surface area contributed by atoms with Gasteiger partial charge in [-0.05, 0) is 25.7 Å². The number of hydrogen-bond acceptors (Lipinski definition) is 2. The molecule has 0 spiro atoms. The summed E-state index contributed by atoms with van der Waals surface area (Å²) in [5.74, 6) is 0.351. The Morgan fingerprint density at radius 1 is 1.09 bits per heavy atom. The molecule has 2 N–H and O–H groups in total. The van der Waals surface area contributed by atoms with Crippen LogP contribution in [0.1, 0.15) is 39.0 Å². The zero-order chi connectivity index (χ0) is 8.27. The summed E-state index contributed by atoms with van der Waals surface area (Å²) in [7, 11) is 0. The number of hydrogen-bond donors (Lipinski definition) is 2. The van der Waals surface area contributed by atoms with Gasteiger partial charge in [-0.25, -0.2) is 0 Å². The molecule has 1 aliphatic carbocycles. The molecule has 2 atom stereocenters. The van der Waals surface area contributed by atoms with Gasteiger partial charge in [0, 0.05) is 0 Å². The van der Waals surface area contributed by atoms with Gasteiger partial charge in [-0.1, -0.05) is 19.3 Å². The predicted molar refractivity (Wildman–Crippen MR) is 44.3 cm³/mol. The van der Waals surface area contributed by atoms with E-state index in [0.717, 1.165) is 12.8 Å². The van der Waals surface area contributed by atoms with Gasteiger partial charge in [0.25, 0.3) is 0 Å². The second-order valence-electron chi connectivity index (χ2n) is 3.63. The molecule has 11 heavy (non-hydrogen) atoms. The Morgan fingerprint density at radius 3 is 2.09 bits per heavy atom. The lowest BCUT2D eigenvalue weighted by Crippen LogP contribution is -2.32.